The molecule has 1 aliphatic heterocycles. The summed E-state index contributed by atoms with van der Waals surface area (Å²) in [4.78, 5) is 0. The number of epoxide rings is 1. The molecule has 1 heterocycles. The van der Waals surface area contributed by atoms with Crippen molar-refractivity contribution in [2.45, 2.75) is 51.6 Å². The van der Waals surface area contributed by atoms with E-state index in [2.05, 4.69) is 44.2 Å². The van der Waals surface area contributed by atoms with E-state index >= 15 is 0 Å². The van der Waals surface area contributed by atoms with E-state index in [0.717, 1.165) is 25.2 Å². The summed E-state index contributed by atoms with van der Waals surface area (Å²) in [6.07, 6.45) is 10.5. The zero-order valence-corrected chi connectivity index (χ0v) is 12.7. The van der Waals surface area contributed by atoms with Crippen LogP contribution in [-0.2, 0) is 11.2 Å². The molecular formula is C18H26O2. The Hall–Kier alpha value is -1.28. The van der Waals surface area contributed by atoms with Crippen LogP contribution in [0.25, 0.3) is 0 Å². The maximum atomic E-state index is 5.91. The second kappa shape index (κ2) is 7.49. The van der Waals surface area contributed by atoms with Gasteiger partial charge in [0, 0.05) is 0 Å². The van der Waals surface area contributed by atoms with Crippen molar-refractivity contribution in [3.63, 3.8) is 0 Å². The molecule has 2 heteroatoms. The van der Waals surface area contributed by atoms with E-state index in [1.54, 1.807) is 0 Å². The molecule has 1 unspecified atom stereocenters. The zero-order chi connectivity index (χ0) is 14.3. The molecule has 0 bridgehead atoms. The SMILES string of the molecule is CCCC/C=C/CCc1ccccc1OCC1(C)CO1. The fourth-order valence-corrected chi connectivity index (χ4v) is 2.08. The Kier molecular flexibility index (Phi) is 5.66. The minimum Gasteiger partial charge on any atom is -0.490 e. The van der Waals surface area contributed by atoms with E-state index in [9.17, 15) is 0 Å². The topological polar surface area (TPSA) is 21.8 Å². The number of rotatable bonds is 9. The van der Waals surface area contributed by atoms with Crippen molar-refractivity contribution < 1.29 is 9.47 Å². The van der Waals surface area contributed by atoms with E-state index in [4.69, 9.17) is 9.47 Å². The molecule has 2 rings (SSSR count). The van der Waals surface area contributed by atoms with Gasteiger partial charge < -0.3 is 9.47 Å². The summed E-state index contributed by atoms with van der Waals surface area (Å²) in [7, 11) is 0. The molecule has 0 spiro atoms. The Labute approximate surface area is 122 Å². The average molecular weight is 274 g/mol. The van der Waals surface area contributed by atoms with Crippen LogP contribution in [0.5, 0.6) is 5.75 Å². The first-order chi connectivity index (χ1) is 9.73. The molecule has 0 amide bonds. The van der Waals surface area contributed by atoms with Crippen molar-refractivity contribution in [3.05, 3.63) is 42.0 Å². The van der Waals surface area contributed by atoms with Crippen molar-refractivity contribution in [2.24, 2.45) is 0 Å². The first-order valence-corrected chi connectivity index (χ1v) is 7.73. The Balaban J connectivity index is 1.79. The van der Waals surface area contributed by atoms with Crippen LogP contribution >= 0.6 is 0 Å². The van der Waals surface area contributed by atoms with Crippen molar-refractivity contribution in [1.82, 2.24) is 0 Å². The van der Waals surface area contributed by atoms with E-state index < -0.39 is 0 Å². The van der Waals surface area contributed by atoms with Crippen LogP contribution in [0.4, 0.5) is 0 Å². The number of hydrogen-bond acceptors (Lipinski definition) is 2. The van der Waals surface area contributed by atoms with Crippen LogP contribution in [0, 0.1) is 0 Å². The van der Waals surface area contributed by atoms with Gasteiger partial charge in [0.25, 0.3) is 0 Å². The number of aryl methyl sites for hydroxylation is 1. The van der Waals surface area contributed by atoms with Gasteiger partial charge in [-0.15, -0.1) is 0 Å². The molecule has 1 aliphatic rings. The summed E-state index contributed by atoms with van der Waals surface area (Å²) >= 11 is 0. The predicted octanol–water partition coefficient (Wildman–Crippen LogP) is 4.53. The number of allylic oxidation sites excluding steroid dienone is 2. The molecule has 1 atom stereocenters. The third-order valence-electron chi connectivity index (χ3n) is 3.61. The van der Waals surface area contributed by atoms with Gasteiger partial charge >= 0.3 is 0 Å². The maximum absolute atomic E-state index is 5.91. The van der Waals surface area contributed by atoms with Gasteiger partial charge in [-0.3, -0.25) is 0 Å². The average Bonchev–Trinajstić information content (AvgIpc) is 3.20. The quantitative estimate of drug-likeness (QED) is 0.375. The fourth-order valence-electron chi connectivity index (χ4n) is 2.08. The summed E-state index contributed by atoms with van der Waals surface area (Å²) in [6.45, 7) is 5.78. The van der Waals surface area contributed by atoms with Gasteiger partial charge in [-0.05, 0) is 37.8 Å². The third-order valence-corrected chi connectivity index (χ3v) is 3.61. The number of unbranched alkanes of at least 4 members (excludes halogenated alkanes) is 2. The summed E-state index contributed by atoms with van der Waals surface area (Å²) in [5.41, 5.74) is 1.24. The minimum atomic E-state index is -0.0484. The zero-order valence-electron chi connectivity index (χ0n) is 12.7. The lowest BCUT2D eigenvalue weighted by molar-refractivity contribution is 0.201. The number of ether oxygens (including phenoxy) is 2. The normalized spacial score (nSPS) is 21.3. The lowest BCUT2D eigenvalue weighted by Gasteiger charge is -2.12. The Morgan fingerprint density at radius 1 is 1.25 bits per heavy atom. The molecule has 1 aromatic carbocycles. The molecule has 0 radical (unpaired) electrons. The second-order valence-electron chi connectivity index (χ2n) is 5.79. The van der Waals surface area contributed by atoms with Gasteiger partial charge in [0.15, 0.2) is 0 Å². The lowest BCUT2D eigenvalue weighted by Crippen LogP contribution is -2.17. The highest BCUT2D eigenvalue weighted by Gasteiger charge is 2.40. The van der Waals surface area contributed by atoms with Crippen molar-refractivity contribution >= 4 is 0 Å². The van der Waals surface area contributed by atoms with Crippen molar-refractivity contribution in [3.8, 4) is 5.75 Å². The second-order valence-corrected chi connectivity index (χ2v) is 5.79. The van der Waals surface area contributed by atoms with E-state index in [0.29, 0.717) is 6.61 Å². The molecule has 0 aliphatic carbocycles. The molecule has 1 aromatic rings. The van der Waals surface area contributed by atoms with Gasteiger partial charge in [0.1, 0.15) is 18.0 Å². The van der Waals surface area contributed by atoms with Gasteiger partial charge in [-0.1, -0.05) is 50.1 Å². The Bertz CT molecular complexity index is 433. The molecule has 20 heavy (non-hydrogen) atoms. The standard InChI is InChI=1S/C18H26O2/c1-3-4-5-6-7-8-11-16-12-9-10-13-17(16)19-14-18(2)15-20-18/h6-7,9-10,12-13H,3-5,8,11,14-15H2,1-2H3/b7-6+. The van der Waals surface area contributed by atoms with Crippen LogP contribution in [0.2, 0.25) is 0 Å². The lowest BCUT2D eigenvalue weighted by atomic mass is 10.1. The van der Waals surface area contributed by atoms with Gasteiger partial charge in [0.05, 0.1) is 6.61 Å². The first-order valence-electron chi connectivity index (χ1n) is 7.73. The molecule has 1 fully saturated rings. The number of para-hydroxylation sites is 1. The van der Waals surface area contributed by atoms with Gasteiger partial charge in [-0.2, -0.15) is 0 Å². The molecule has 2 nitrogen and oxygen atoms in total. The summed E-state index contributed by atoms with van der Waals surface area (Å²) in [6, 6.07) is 8.33. The maximum Gasteiger partial charge on any atom is 0.123 e. The largest absolute Gasteiger partial charge is 0.490 e. The number of benzene rings is 1. The van der Waals surface area contributed by atoms with Gasteiger partial charge in [0.2, 0.25) is 0 Å². The van der Waals surface area contributed by atoms with Crippen molar-refractivity contribution in [1.29, 1.82) is 0 Å². The van der Waals surface area contributed by atoms with Crippen LogP contribution in [0.3, 0.4) is 0 Å². The summed E-state index contributed by atoms with van der Waals surface area (Å²) in [5.74, 6) is 1.01. The third kappa shape index (κ3) is 5.01. The van der Waals surface area contributed by atoms with Gasteiger partial charge in [-0.25, -0.2) is 0 Å². The highest BCUT2D eigenvalue weighted by molar-refractivity contribution is 5.33. The molecule has 1 saturated heterocycles. The fraction of sp³-hybridized carbons (Fsp3) is 0.556. The predicted molar refractivity (Wildman–Crippen MR) is 83.3 cm³/mol. The molecule has 110 valence electrons. The van der Waals surface area contributed by atoms with Crippen LogP contribution < -0.4 is 4.74 Å². The molecule has 0 saturated carbocycles. The monoisotopic (exact) mass is 274 g/mol. The first kappa shape index (κ1) is 15.1. The molecule has 0 N–H and O–H groups in total. The molecule has 0 aromatic heterocycles. The smallest absolute Gasteiger partial charge is 0.123 e. The molecular weight excluding hydrogens is 248 g/mol. The summed E-state index contributed by atoms with van der Waals surface area (Å²) < 4.78 is 11.3. The highest BCUT2D eigenvalue weighted by atomic mass is 16.6. The Morgan fingerprint density at radius 3 is 2.75 bits per heavy atom. The van der Waals surface area contributed by atoms with E-state index in [-0.39, 0.29) is 5.60 Å². The minimum absolute atomic E-state index is 0.0484. The Morgan fingerprint density at radius 2 is 2.00 bits per heavy atom. The van der Waals surface area contributed by atoms with Crippen LogP contribution in [-0.4, -0.2) is 18.8 Å². The highest BCUT2D eigenvalue weighted by Crippen LogP contribution is 2.28. The van der Waals surface area contributed by atoms with E-state index in [1.807, 2.05) is 6.07 Å². The number of hydrogen-bond donors (Lipinski definition) is 0. The summed E-state index contributed by atoms with van der Waals surface area (Å²) in [5, 5.41) is 0. The van der Waals surface area contributed by atoms with Crippen LogP contribution in [0.15, 0.2) is 36.4 Å². The van der Waals surface area contributed by atoms with Crippen LogP contribution in [0.1, 0.15) is 45.1 Å². The van der Waals surface area contributed by atoms with Crippen molar-refractivity contribution in [2.75, 3.05) is 13.2 Å². The van der Waals surface area contributed by atoms with E-state index in [1.165, 1.54) is 24.8 Å².